The zero-order chi connectivity index (χ0) is 9.14. The maximum absolute atomic E-state index is 3.38. The Hall–Kier alpha value is -0.0400. The number of nitrogens with one attached hydrogen (secondary N) is 1. The number of rotatable bonds is 2. The number of hydrogen-bond acceptors (Lipinski definition) is 1. The van der Waals surface area contributed by atoms with Gasteiger partial charge in [-0.3, -0.25) is 0 Å². The molecule has 0 aromatic rings. The zero-order valence-electron chi connectivity index (χ0n) is 8.93. The van der Waals surface area contributed by atoms with Crippen molar-refractivity contribution in [3.05, 3.63) is 0 Å². The smallest absolute Gasteiger partial charge is 0.00665 e. The monoisotopic (exact) mass is 169 g/mol. The Morgan fingerprint density at radius 1 is 1.25 bits per heavy atom. The van der Waals surface area contributed by atoms with Gasteiger partial charge in [0.25, 0.3) is 0 Å². The molecule has 0 amide bonds. The molecule has 0 bridgehead atoms. The van der Waals surface area contributed by atoms with Crippen LogP contribution in [-0.2, 0) is 0 Å². The van der Waals surface area contributed by atoms with Crippen LogP contribution in [0.15, 0.2) is 0 Å². The minimum atomic E-state index is 0.701. The quantitative estimate of drug-likeness (QED) is 0.670. The molecule has 0 aliphatic heterocycles. The van der Waals surface area contributed by atoms with Crippen LogP contribution in [0.4, 0.5) is 0 Å². The lowest BCUT2D eigenvalue weighted by atomic mass is 9.73. The van der Waals surface area contributed by atoms with Gasteiger partial charge in [0.05, 0.1) is 0 Å². The van der Waals surface area contributed by atoms with E-state index in [0.717, 1.165) is 17.8 Å². The Morgan fingerprint density at radius 2 is 1.92 bits per heavy atom. The summed E-state index contributed by atoms with van der Waals surface area (Å²) in [5.74, 6) is 2.78. The summed E-state index contributed by atoms with van der Waals surface area (Å²) in [6.45, 7) is 7.11. The lowest BCUT2D eigenvalue weighted by molar-refractivity contribution is 0.169. The van der Waals surface area contributed by atoms with Crippen LogP contribution in [0, 0.1) is 17.8 Å². The van der Waals surface area contributed by atoms with Gasteiger partial charge < -0.3 is 5.32 Å². The van der Waals surface area contributed by atoms with Gasteiger partial charge in [0.15, 0.2) is 0 Å². The number of hydrogen-bond donors (Lipinski definition) is 1. The van der Waals surface area contributed by atoms with E-state index in [4.69, 9.17) is 0 Å². The first-order valence-corrected chi connectivity index (χ1v) is 5.32. The van der Waals surface area contributed by atoms with Crippen LogP contribution in [0.1, 0.15) is 40.0 Å². The van der Waals surface area contributed by atoms with Gasteiger partial charge in [-0.05, 0) is 44.6 Å². The van der Waals surface area contributed by atoms with E-state index in [1.807, 2.05) is 0 Å². The van der Waals surface area contributed by atoms with Crippen LogP contribution in [0.5, 0.6) is 0 Å². The van der Waals surface area contributed by atoms with E-state index in [1.165, 1.54) is 19.3 Å². The van der Waals surface area contributed by atoms with Crippen LogP contribution in [0.3, 0.4) is 0 Å². The molecule has 12 heavy (non-hydrogen) atoms. The highest BCUT2D eigenvalue weighted by Crippen LogP contribution is 2.34. The summed E-state index contributed by atoms with van der Waals surface area (Å²) >= 11 is 0. The fourth-order valence-corrected chi connectivity index (χ4v) is 2.65. The summed E-state index contributed by atoms with van der Waals surface area (Å²) in [5, 5.41) is 3.38. The first kappa shape index (κ1) is 10.0. The van der Waals surface area contributed by atoms with E-state index < -0.39 is 0 Å². The van der Waals surface area contributed by atoms with E-state index in [-0.39, 0.29) is 0 Å². The molecule has 1 fully saturated rings. The third kappa shape index (κ3) is 2.22. The summed E-state index contributed by atoms with van der Waals surface area (Å²) in [5.41, 5.74) is 0. The predicted molar refractivity (Wildman–Crippen MR) is 54.2 cm³/mol. The maximum Gasteiger partial charge on any atom is 0.00665 e. The van der Waals surface area contributed by atoms with Crippen molar-refractivity contribution in [2.45, 2.75) is 46.1 Å². The van der Waals surface area contributed by atoms with Crippen molar-refractivity contribution in [2.24, 2.45) is 17.8 Å². The largest absolute Gasteiger partial charge is 0.317 e. The van der Waals surface area contributed by atoms with Gasteiger partial charge in [-0.2, -0.15) is 0 Å². The molecule has 72 valence electrons. The zero-order valence-corrected chi connectivity index (χ0v) is 8.93. The van der Waals surface area contributed by atoms with Crippen LogP contribution >= 0.6 is 0 Å². The molecule has 1 aliphatic carbocycles. The Labute approximate surface area is 76.9 Å². The van der Waals surface area contributed by atoms with Crippen LogP contribution < -0.4 is 5.32 Å². The molecule has 0 spiro atoms. The SMILES string of the molecule is CNC(C)C1CCC(C)CC1C. The molecule has 0 radical (unpaired) electrons. The highest BCUT2D eigenvalue weighted by Gasteiger charge is 2.28. The summed E-state index contributed by atoms with van der Waals surface area (Å²) in [4.78, 5) is 0. The molecule has 0 saturated heterocycles. The molecule has 0 heterocycles. The fourth-order valence-electron chi connectivity index (χ4n) is 2.65. The minimum absolute atomic E-state index is 0.701. The van der Waals surface area contributed by atoms with E-state index in [9.17, 15) is 0 Å². The lowest BCUT2D eigenvalue weighted by Crippen LogP contribution is -2.37. The van der Waals surface area contributed by atoms with E-state index >= 15 is 0 Å². The second-order valence-corrected chi connectivity index (χ2v) is 4.64. The van der Waals surface area contributed by atoms with E-state index in [0.29, 0.717) is 6.04 Å². The summed E-state index contributed by atoms with van der Waals surface area (Å²) in [7, 11) is 2.08. The Morgan fingerprint density at radius 3 is 2.42 bits per heavy atom. The van der Waals surface area contributed by atoms with Crippen molar-refractivity contribution >= 4 is 0 Å². The second kappa shape index (κ2) is 4.27. The van der Waals surface area contributed by atoms with Crippen LogP contribution in [-0.4, -0.2) is 13.1 Å². The topological polar surface area (TPSA) is 12.0 Å². The van der Waals surface area contributed by atoms with Gasteiger partial charge >= 0.3 is 0 Å². The van der Waals surface area contributed by atoms with Gasteiger partial charge in [0.2, 0.25) is 0 Å². The van der Waals surface area contributed by atoms with Gasteiger partial charge in [0.1, 0.15) is 0 Å². The van der Waals surface area contributed by atoms with Crippen LogP contribution in [0.25, 0.3) is 0 Å². The van der Waals surface area contributed by atoms with Crippen molar-refractivity contribution in [2.75, 3.05) is 7.05 Å². The molecule has 0 aromatic heterocycles. The van der Waals surface area contributed by atoms with Crippen LogP contribution in [0.2, 0.25) is 0 Å². The van der Waals surface area contributed by atoms with Crippen molar-refractivity contribution in [3.63, 3.8) is 0 Å². The van der Waals surface area contributed by atoms with Gasteiger partial charge in [-0.15, -0.1) is 0 Å². The van der Waals surface area contributed by atoms with Crippen molar-refractivity contribution in [3.8, 4) is 0 Å². The molecule has 1 heteroatoms. The summed E-state index contributed by atoms with van der Waals surface area (Å²) < 4.78 is 0. The molecule has 1 aliphatic rings. The van der Waals surface area contributed by atoms with Gasteiger partial charge in [0, 0.05) is 6.04 Å². The third-order valence-corrected chi connectivity index (χ3v) is 3.60. The molecule has 0 aromatic carbocycles. The average Bonchev–Trinajstić information content (AvgIpc) is 2.03. The highest BCUT2D eigenvalue weighted by atomic mass is 14.9. The first-order valence-electron chi connectivity index (χ1n) is 5.32. The Balaban J connectivity index is 2.44. The lowest BCUT2D eigenvalue weighted by Gasteiger charge is -2.36. The molecule has 1 rings (SSSR count). The Bertz CT molecular complexity index is 133. The van der Waals surface area contributed by atoms with Crippen molar-refractivity contribution < 1.29 is 0 Å². The second-order valence-electron chi connectivity index (χ2n) is 4.64. The fraction of sp³-hybridized carbons (Fsp3) is 1.00. The Kier molecular flexibility index (Phi) is 3.57. The molecular formula is C11H23N. The van der Waals surface area contributed by atoms with Gasteiger partial charge in [-0.1, -0.05) is 20.3 Å². The average molecular weight is 169 g/mol. The minimum Gasteiger partial charge on any atom is -0.317 e. The predicted octanol–water partition coefficient (Wildman–Crippen LogP) is 2.67. The molecule has 1 N–H and O–H groups in total. The molecule has 4 atom stereocenters. The standard InChI is InChI=1S/C11H23N/c1-8-5-6-11(9(2)7-8)10(3)12-4/h8-12H,5-7H2,1-4H3. The molecular weight excluding hydrogens is 146 g/mol. The molecule has 1 nitrogen and oxygen atoms in total. The molecule has 1 saturated carbocycles. The highest BCUT2D eigenvalue weighted by molar-refractivity contribution is 4.81. The summed E-state index contributed by atoms with van der Waals surface area (Å²) in [6.07, 6.45) is 4.28. The van der Waals surface area contributed by atoms with E-state index in [1.54, 1.807) is 0 Å². The van der Waals surface area contributed by atoms with Crippen molar-refractivity contribution in [1.29, 1.82) is 0 Å². The van der Waals surface area contributed by atoms with Gasteiger partial charge in [-0.25, -0.2) is 0 Å². The molecule has 4 unspecified atom stereocenters. The first-order chi connectivity index (χ1) is 5.65. The maximum atomic E-state index is 3.38. The third-order valence-electron chi connectivity index (χ3n) is 3.60. The van der Waals surface area contributed by atoms with Crippen molar-refractivity contribution in [1.82, 2.24) is 5.32 Å². The normalized spacial score (nSPS) is 39.5. The van der Waals surface area contributed by atoms with E-state index in [2.05, 4.69) is 33.1 Å². The summed E-state index contributed by atoms with van der Waals surface area (Å²) in [6, 6.07) is 0.701.